The lowest BCUT2D eigenvalue weighted by molar-refractivity contribution is 0.616. The smallest absolute Gasteiger partial charge is 0.153 e. The molecule has 4 nitrogen and oxygen atoms in total. The van der Waals surface area contributed by atoms with Crippen molar-refractivity contribution in [1.29, 1.82) is 0 Å². The van der Waals surface area contributed by atoms with Crippen LogP contribution in [0.4, 0.5) is 0 Å². The molecule has 0 radical (unpaired) electrons. The van der Waals surface area contributed by atoms with E-state index < -0.39 is 0 Å². The highest BCUT2D eigenvalue weighted by Gasteiger charge is 2.11. The maximum absolute atomic E-state index is 5.59. The van der Waals surface area contributed by atoms with Gasteiger partial charge in [-0.3, -0.25) is 5.10 Å². The second-order valence-corrected chi connectivity index (χ2v) is 4.55. The van der Waals surface area contributed by atoms with Gasteiger partial charge in [0.15, 0.2) is 5.58 Å². The average molecular weight is 261 g/mol. The van der Waals surface area contributed by atoms with Crippen LogP contribution in [0.1, 0.15) is 0 Å². The molecule has 4 rings (SSSR count). The third kappa shape index (κ3) is 1.70. The Morgan fingerprint density at radius 1 is 0.950 bits per heavy atom. The Kier molecular flexibility index (Phi) is 2.39. The molecule has 4 aromatic rings. The molecule has 1 aromatic carbocycles. The molecule has 0 atom stereocenters. The van der Waals surface area contributed by atoms with Crippen molar-refractivity contribution < 1.29 is 4.42 Å². The number of H-pyrrole nitrogens is 1. The van der Waals surface area contributed by atoms with E-state index in [1.807, 2.05) is 36.5 Å². The number of pyridine rings is 1. The van der Waals surface area contributed by atoms with E-state index in [0.717, 1.165) is 33.5 Å². The predicted octanol–water partition coefficient (Wildman–Crippen LogP) is 3.88. The summed E-state index contributed by atoms with van der Waals surface area (Å²) in [4.78, 5) is 4.70. The van der Waals surface area contributed by atoms with Crippen molar-refractivity contribution in [2.24, 2.45) is 0 Å². The number of hydrogen-bond donors (Lipinski definition) is 1. The Morgan fingerprint density at radius 3 is 2.65 bits per heavy atom. The molecule has 0 saturated carbocycles. The highest BCUT2D eigenvalue weighted by Crippen LogP contribution is 2.30. The van der Waals surface area contributed by atoms with Crippen LogP contribution in [0.25, 0.3) is 33.5 Å². The van der Waals surface area contributed by atoms with Crippen molar-refractivity contribution in [1.82, 2.24) is 15.2 Å². The summed E-state index contributed by atoms with van der Waals surface area (Å²) >= 11 is 0. The van der Waals surface area contributed by atoms with Gasteiger partial charge < -0.3 is 4.42 Å². The second-order valence-electron chi connectivity index (χ2n) is 4.55. The van der Waals surface area contributed by atoms with E-state index in [0.29, 0.717) is 0 Å². The number of hydrogen-bond acceptors (Lipinski definition) is 3. The first-order valence-corrected chi connectivity index (χ1v) is 6.34. The van der Waals surface area contributed by atoms with Gasteiger partial charge in [-0.05, 0) is 17.7 Å². The first-order valence-electron chi connectivity index (χ1n) is 6.34. The van der Waals surface area contributed by atoms with Gasteiger partial charge in [0, 0.05) is 17.3 Å². The fourth-order valence-corrected chi connectivity index (χ4v) is 2.29. The van der Waals surface area contributed by atoms with Crippen LogP contribution in [0.2, 0.25) is 0 Å². The van der Waals surface area contributed by atoms with E-state index in [9.17, 15) is 0 Å². The summed E-state index contributed by atoms with van der Waals surface area (Å²) in [6, 6.07) is 14.0. The number of nitrogens with zero attached hydrogens (tertiary/aromatic N) is 2. The minimum absolute atomic E-state index is 0.788. The van der Waals surface area contributed by atoms with E-state index in [4.69, 9.17) is 9.40 Å². The molecule has 20 heavy (non-hydrogen) atoms. The van der Waals surface area contributed by atoms with E-state index in [2.05, 4.69) is 22.3 Å². The summed E-state index contributed by atoms with van der Waals surface area (Å²) in [5, 5.41) is 6.76. The molecule has 0 aliphatic rings. The molecule has 4 heteroatoms. The molecular weight excluding hydrogens is 250 g/mol. The van der Waals surface area contributed by atoms with Crippen LogP contribution in [0.5, 0.6) is 0 Å². The molecule has 0 bridgehead atoms. The first kappa shape index (κ1) is 11.0. The molecule has 0 amide bonds. The monoisotopic (exact) mass is 261 g/mol. The number of furan rings is 1. The van der Waals surface area contributed by atoms with Crippen molar-refractivity contribution in [2.75, 3.05) is 0 Å². The third-order valence-electron chi connectivity index (χ3n) is 3.30. The summed E-state index contributed by atoms with van der Waals surface area (Å²) in [5.41, 5.74) is 5.61. The Hall–Kier alpha value is -2.88. The van der Waals surface area contributed by atoms with E-state index in [1.165, 1.54) is 0 Å². The molecule has 0 unspecified atom stereocenters. The second kappa shape index (κ2) is 4.35. The number of benzene rings is 1. The van der Waals surface area contributed by atoms with Gasteiger partial charge in [-0.15, -0.1) is 0 Å². The van der Waals surface area contributed by atoms with Gasteiger partial charge in [0.25, 0.3) is 0 Å². The molecule has 0 aliphatic heterocycles. The van der Waals surface area contributed by atoms with Crippen LogP contribution < -0.4 is 0 Å². The van der Waals surface area contributed by atoms with Crippen molar-refractivity contribution in [3.05, 3.63) is 61.1 Å². The van der Waals surface area contributed by atoms with Gasteiger partial charge in [-0.2, -0.15) is 5.10 Å². The van der Waals surface area contributed by atoms with Crippen molar-refractivity contribution in [3.8, 4) is 22.4 Å². The van der Waals surface area contributed by atoms with Crippen LogP contribution in [0, 0.1) is 0 Å². The lowest BCUT2D eigenvalue weighted by Crippen LogP contribution is -1.83. The van der Waals surface area contributed by atoms with Gasteiger partial charge in [0.05, 0.1) is 11.9 Å². The Balaban J connectivity index is 1.93. The molecule has 0 spiro atoms. The minimum atomic E-state index is 0.788. The number of aromatic nitrogens is 3. The lowest BCUT2D eigenvalue weighted by atomic mass is 10.1. The van der Waals surface area contributed by atoms with Crippen LogP contribution in [0.3, 0.4) is 0 Å². The predicted molar refractivity (Wildman–Crippen MR) is 77.0 cm³/mol. The fraction of sp³-hybridized carbons (Fsp3) is 0. The Bertz CT molecular complexity index is 848. The zero-order valence-electron chi connectivity index (χ0n) is 10.6. The maximum atomic E-state index is 5.59. The SMILES string of the molecule is c1ccc(-c2coc3ccc(-c4cn[nH]c4)nc23)cc1. The fourth-order valence-electron chi connectivity index (χ4n) is 2.29. The van der Waals surface area contributed by atoms with Crippen LogP contribution in [0.15, 0.2) is 65.5 Å². The van der Waals surface area contributed by atoms with Gasteiger partial charge >= 0.3 is 0 Å². The average Bonchev–Trinajstić information content (AvgIpc) is 3.17. The molecule has 96 valence electrons. The molecule has 3 heterocycles. The van der Waals surface area contributed by atoms with Crippen LogP contribution in [-0.4, -0.2) is 15.2 Å². The molecule has 0 saturated heterocycles. The van der Waals surface area contributed by atoms with Gasteiger partial charge in [-0.1, -0.05) is 30.3 Å². The van der Waals surface area contributed by atoms with Gasteiger partial charge in [0.1, 0.15) is 11.8 Å². The van der Waals surface area contributed by atoms with E-state index in [1.54, 1.807) is 12.5 Å². The number of aromatic amines is 1. The normalized spacial score (nSPS) is 11.0. The summed E-state index contributed by atoms with van der Waals surface area (Å²) in [6.07, 6.45) is 5.35. The van der Waals surface area contributed by atoms with E-state index >= 15 is 0 Å². The number of fused-ring (bicyclic) bond motifs is 1. The minimum Gasteiger partial charge on any atom is -0.462 e. The first-order chi connectivity index (χ1) is 9.92. The number of nitrogens with one attached hydrogen (secondary N) is 1. The van der Waals surface area contributed by atoms with E-state index in [-0.39, 0.29) is 0 Å². The van der Waals surface area contributed by atoms with Gasteiger partial charge in [-0.25, -0.2) is 4.98 Å². The summed E-state index contributed by atoms with van der Waals surface area (Å²) < 4.78 is 5.59. The quantitative estimate of drug-likeness (QED) is 0.595. The lowest BCUT2D eigenvalue weighted by Gasteiger charge is -1.99. The highest BCUT2D eigenvalue weighted by molar-refractivity contribution is 5.91. The highest BCUT2D eigenvalue weighted by atomic mass is 16.3. The molecule has 1 N–H and O–H groups in total. The molecule has 0 aliphatic carbocycles. The van der Waals surface area contributed by atoms with Crippen molar-refractivity contribution >= 4 is 11.1 Å². The summed E-state index contributed by atoms with van der Waals surface area (Å²) in [5.74, 6) is 0. The molecular formula is C16H11N3O. The van der Waals surface area contributed by atoms with Gasteiger partial charge in [0.2, 0.25) is 0 Å². The topological polar surface area (TPSA) is 54.7 Å². The zero-order chi connectivity index (χ0) is 13.4. The standard InChI is InChI=1S/C16H11N3O/c1-2-4-11(5-3-1)13-10-20-15-7-6-14(19-16(13)15)12-8-17-18-9-12/h1-10H,(H,17,18). The van der Waals surface area contributed by atoms with Crippen LogP contribution >= 0.6 is 0 Å². The Morgan fingerprint density at radius 2 is 1.85 bits per heavy atom. The molecule has 3 aromatic heterocycles. The van der Waals surface area contributed by atoms with Crippen LogP contribution in [-0.2, 0) is 0 Å². The molecule has 0 fully saturated rings. The number of rotatable bonds is 2. The largest absolute Gasteiger partial charge is 0.462 e. The maximum Gasteiger partial charge on any atom is 0.153 e. The summed E-state index contributed by atoms with van der Waals surface area (Å²) in [7, 11) is 0. The van der Waals surface area contributed by atoms with Crippen molar-refractivity contribution in [2.45, 2.75) is 0 Å². The van der Waals surface area contributed by atoms with Crippen molar-refractivity contribution in [3.63, 3.8) is 0 Å². The Labute approximate surface area is 115 Å². The third-order valence-corrected chi connectivity index (χ3v) is 3.30. The zero-order valence-corrected chi connectivity index (χ0v) is 10.6. The summed E-state index contributed by atoms with van der Waals surface area (Å²) in [6.45, 7) is 0.